The van der Waals surface area contributed by atoms with Crippen LogP contribution >= 0.6 is 0 Å². The number of carbonyl (C=O) groups excluding carboxylic acids is 1. The summed E-state index contributed by atoms with van der Waals surface area (Å²) in [6, 6.07) is 9.41. The van der Waals surface area contributed by atoms with Crippen LogP contribution in [0.5, 0.6) is 0 Å². The highest BCUT2D eigenvalue weighted by Gasteiger charge is 2.33. The Hall–Kier alpha value is -2.33. The number of likely N-dealkylation sites (N-methyl/N-ethyl adjacent to an activating group) is 1. The maximum absolute atomic E-state index is 12.0. The summed E-state index contributed by atoms with van der Waals surface area (Å²) >= 11 is 0. The number of benzene rings is 1. The minimum absolute atomic E-state index is 0.0313. The van der Waals surface area contributed by atoms with Gasteiger partial charge in [0.2, 0.25) is 0 Å². The molecule has 0 bridgehead atoms. The van der Waals surface area contributed by atoms with Crippen molar-refractivity contribution in [3.05, 3.63) is 71.8 Å². The Balaban J connectivity index is 1.99. The topological polar surface area (TPSA) is 55.6 Å². The first-order chi connectivity index (χ1) is 11.9. The van der Waals surface area contributed by atoms with E-state index in [9.17, 15) is 4.79 Å². The van der Waals surface area contributed by atoms with E-state index < -0.39 is 6.03 Å². The lowest BCUT2D eigenvalue weighted by molar-refractivity contribution is -0.0396. The van der Waals surface area contributed by atoms with Crippen molar-refractivity contribution in [1.82, 2.24) is 4.90 Å². The molecule has 3 atom stereocenters. The molecule has 0 saturated carbocycles. The van der Waals surface area contributed by atoms with Crippen molar-refractivity contribution < 1.29 is 9.53 Å². The Bertz CT molecular complexity index is 719. The lowest BCUT2D eigenvalue weighted by Crippen LogP contribution is -2.41. The van der Waals surface area contributed by atoms with Crippen LogP contribution in [0.25, 0.3) is 0 Å². The second-order valence-corrected chi connectivity index (χ2v) is 7.09. The van der Waals surface area contributed by atoms with E-state index in [2.05, 4.69) is 44.2 Å². The molecule has 3 rings (SSSR count). The highest BCUT2D eigenvalue weighted by atomic mass is 16.5. The number of nitrogens with two attached hydrogens (primary N) is 1. The third-order valence-electron chi connectivity index (χ3n) is 4.77. The number of amides is 2. The number of rotatable bonds is 4. The van der Waals surface area contributed by atoms with Gasteiger partial charge >= 0.3 is 6.03 Å². The SMILES string of the molecule is CCN(C(N)=O)C(C1=CC2C=CC(C)(C)OC2C=C1)c1ccccc1. The molecule has 25 heavy (non-hydrogen) atoms. The van der Waals surface area contributed by atoms with Gasteiger partial charge in [-0.15, -0.1) is 0 Å². The van der Waals surface area contributed by atoms with Crippen molar-refractivity contribution >= 4 is 6.03 Å². The minimum atomic E-state index is -0.413. The molecule has 1 heterocycles. The summed E-state index contributed by atoms with van der Waals surface area (Å²) in [6.45, 7) is 6.62. The van der Waals surface area contributed by atoms with E-state index in [0.717, 1.165) is 11.1 Å². The molecule has 0 radical (unpaired) electrons. The van der Waals surface area contributed by atoms with Crippen LogP contribution in [0, 0.1) is 5.92 Å². The fourth-order valence-electron chi connectivity index (χ4n) is 3.56. The first kappa shape index (κ1) is 17.5. The van der Waals surface area contributed by atoms with Crippen LogP contribution in [-0.4, -0.2) is 29.2 Å². The number of hydrogen-bond acceptors (Lipinski definition) is 2. The van der Waals surface area contributed by atoms with E-state index in [0.29, 0.717) is 6.54 Å². The molecule has 1 aromatic rings. The van der Waals surface area contributed by atoms with Gasteiger partial charge in [0.1, 0.15) is 0 Å². The Kier molecular flexibility index (Phi) is 4.82. The summed E-state index contributed by atoms with van der Waals surface area (Å²) in [5, 5.41) is 0. The summed E-state index contributed by atoms with van der Waals surface area (Å²) in [5.41, 5.74) is 7.53. The zero-order chi connectivity index (χ0) is 18.0. The monoisotopic (exact) mass is 338 g/mol. The molecular formula is C21H26N2O2. The predicted molar refractivity (Wildman–Crippen MR) is 100.0 cm³/mol. The van der Waals surface area contributed by atoms with Gasteiger partial charge in [-0.1, -0.05) is 60.7 Å². The summed E-state index contributed by atoms with van der Waals surface area (Å²) in [5.74, 6) is 0.172. The summed E-state index contributed by atoms with van der Waals surface area (Å²) in [7, 11) is 0. The molecule has 132 valence electrons. The van der Waals surface area contributed by atoms with Gasteiger partial charge in [-0.05, 0) is 31.9 Å². The molecule has 3 unspecified atom stereocenters. The molecule has 2 aliphatic rings. The average molecular weight is 338 g/mol. The second-order valence-electron chi connectivity index (χ2n) is 7.09. The van der Waals surface area contributed by atoms with Crippen molar-refractivity contribution in [3.8, 4) is 0 Å². The van der Waals surface area contributed by atoms with Gasteiger partial charge in [0.15, 0.2) is 0 Å². The van der Waals surface area contributed by atoms with E-state index in [4.69, 9.17) is 10.5 Å². The smallest absolute Gasteiger partial charge is 0.315 e. The number of primary amides is 1. The van der Waals surface area contributed by atoms with Gasteiger partial charge < -0.3 is 15.4 Å². The molecule has 1 aliphatic heterocycles. The zero-order valence-corrected chi connectivity index (χ0v) is 15.1. The minimum Gasteiger partial charge on any atom is -0.363 e. The molecule has 0 fully saturated rings. The molecule has 4 nitrogen and oxygen atoms in total. The number of carbonyl (C=O) groups is 1. The summed E-state index contributed by atoms with van der Waals surface area (Å²) in [4.78, 5) is 13.7. The highest BCUT2D eigenvalue weighted by molar-refractivity contribution is 5.73. The van der Waals surface area contributed by atoms with E-state index in [1.54, 1.807) is 4.90 Å². The number of ether oxygens (including phenoxy) is 1. The number of fused-ring (bicyclic) bond motifs is 1. The van der Waals surface area contributed by atoms with Crippen LogP contribution in [0.15, 0.2) is 66.3 Å². The van der Waals surface area contributed by atoms with E-state index in [1.807, 2.05) is 37.3 Å². The fraction of sp³-hybridized carbons (Fsp3) is 0.381. The average Bonchev–Trinajstić information content (AvgIpc) is 2.59. The molecule has 2 N–H and O–H groups in total. The van der Waals surface area contributed by atoms with Gasteiger partial charge in [0, 0.05) is 12.5 Å². The van der Waals surface area contributed by atoms with Crippen molar-refractivity contribution in [2.45, 2.75) is 38.5 Å². The van der Waals surface area contributed by atoms with Crippen LogP contribution in [0.1, 0.15) is 32.4 Å². The van der Waals surface area contributed by atoms with E-state index in [1.165, 1.54) is 0 Å². The number of urea groups is 1. The molecule has 0 spiro atoms. The molecule has 1 aliphatic carbocycles. The van der Waals surface area contributed by atoms with Gasteiger partial charge in [0.05, 0.1) is 17.7 Å². The largest absolute Gasteiger partial charge is 0.363 e. The van der Waals surface area contributed by atoms with Crippen LogP contribution < -0.4 is 5.73 Å². The summed E-state index contributed by atoms with van der Waals surface area (Å²) < 4.78 is 6.12. The Morgan fingerprint density at radius 3 is 2.64 bits per heavy atom. The highest BCUT2D eigenvalue weighted by Crippen LogP contribution is 2.37. The van der Waals surface area contributed by atoms with Crippen LogP contribution in [0.4, 0.5) is 4.79 Å². The lowest BCUT2D eigenvalue weighted by Gasteiger charge is -2.38. The second kappa shape index (κ2) is 6.89. The molecule has 2 amide bonds. The first-order valence-electron chi connectivity index (χ1n) is 8.79. The Morgan fingerprint density at radius 2 is 2.00 bits per heavy atom. The molecule has 4 heteroatoms. The Labute approximate surface area is 149 Å². The third kappa shape index (κ3) is 3.69. The van der Waals surface area contributed by atoms with Crippen molar-refractivity contribution in [2.24, 2.45) is 11.7 Å². The molecular weight excluding hydrogens is 312 g/mol. The van der Waals surface area contributed by atoms with Crippen LogP contribution in [0.3, 0.4) is 0 Å². The van der Waals surface area contributed by atoms with Crippen molar-refractivity contribution in [1.29, 1.82) is 0 Å². The quantitative estimate of drug-likeness (QED) is 0.845. The van der Waals surface area contributed by atoms with Gasteiger partial charge in [-0.3, -0.25) is 0 Å². The zero-order valence-electron chi connectivity index (χ0n) is 15.1. The van der Waals surface area contributed by atoms with Crippen molar-refractivity contribution in [2.75, 3.05) is 6.54 Å². The molecule has 0 saturated heterocycles. The summed E-state index contributed by atoms with van der Waals surface area (Å²) in [6.07, 6.45) is 10.7. The molecule has 1 aromatic carbocycles. The van der Waals surface area contributed by atoms with E-state index >= 15 is 0 Å². The fourth-order valence-corrected chi connectivity index (χ4v) is 3.56. The molecule has 0 aromatic heterocycles. The number of hydrogen-bond donors (Lipinski definition) is 1. The van der Waals surface area contributed by atoms with Gasteiger partial charge in [-0.25, -0.2) is 4.79 Å². The van der Waals surface area contributed by atoms with Gasteiger partial charge in [0.25, 0.3) is 0 Å². The van der Waals surface area contributed by atoms with Crippen molar-refractivity contribution in [3.63, 3.8) is 0 Å². The first-order valence-corrected chi connectivity index (χ1v) is 8.79. The number of nitrogens with zero attached hydrogens (tertiary/aromatic N) is 1. The van der Waals surface area contributed by atoms with Gasteiger partial charge in [-0.2, -0.15) is 0 Å². The predicted octanol–water partition coefficient (Wildman–Crippen LogP) is 3.97. The van der Waals surface area contributed by atoms with Crippen LogP contribution in [0.2, 0.25) is 0 Å². The standard InChI is InChI=1S/C21H26N2O2/c1-4-23(20(22)24)19(15-8-6-5-7-9-15)17-10-11-18-16(14-17)12-13-21(2,3)25-18/h5-14,16,18-19H,4H2,1-3H3,(H2,22,24). The Morgan fingerprint density at radius 1 is 1.28 bits per heavy atom. The maximum Gasteiger partial charge on any atom is 0.315 e. The lowest BCUT2D eigenvalue weighted by atomic mass is 9.84. The third-order valence-corrected chi connectivity index (χ3v) is 4.77. The normalized spacial score (nSPS) is 25.0. The van der Waals surface area contributed by atoms with E-state index in [-0.39, 0.29) is 23.7 Å². The van der Waals surface area contributed by atoms with Crippen LogP contribution in [-0.2, 0) is 4.74 Å². The maximum atomic E-state index is 12.0.